The van der Waals surface area contributed by atoms with Crippen molar-refractivity contribution in [2.75, 3.05) is 11.9 Å². The quantitative estimate of drug-likeness (QED) is 0.832. The summed E-state index contributed by atoms with van der Waals surface area (Å²) in [6.45, 7) is 0.502. The molecule has 1 amide bonds. The molecule has 0 atom stereocenters. The first-order valence-corrected chi connectivity index (χ1v) is 7.01. The summed E-state index contributed by atoms with van der Waals surface area (Å²) in [6, 6.07) is 12.2. The Bertz CT molecular complexity index is 692. The van der Waals surface area contributed by atoms with Gasteiger partial charge in [-0.05, 0) is 47.8 Å². The molecule has 106 valence electrons. The van der Waals surface area contributed by atoms with Crippen LogP contribution >= 0.6 is 11.6 Å². The summed E-state index contributed by atoms with van der Waals surface area (Å²) in [5, 5.41) is 13.1. The number of amides is 1. The van der Waals surface area contributed by atoms with Crippen LogP contribution in [0.5, 0.6) is 0 Å². The lowest BCUT2D eigenvalue weighted by atomic mass is 9.73. The van der Waals surface area contributed by atoms with E-state index in [9.17, 15) is 9.82 Å². The van der Waals surface area contributed by atoms with Crippen molar-refractivity contribution in [1.29, 1.82) is 0 Å². The number of carbonyl (C=O) groups is 1. The van der Waals surface area contributed by atoms with Crippen molar-refractivity contribution in [2.24, 2.45) is 0 Å². The average Bonchev–Trinajstić information content (AvgIpc) is 2.48. The fourth-order valence-corrected chi connectivity index (χ4v) is 2.52. The molecule has 2 aromatic rings. The number of benzene rings is 2. The fourth-order valence-electron chi connectivity index (χ4n) is 2.33. The summed E-state index contributed by atoms with van der Waals surface area (Å²) in [5.41, 5.74) is 2.83. The molecule has 0 saturated heterocycles. The Morgan fingerprint density at radius 3 is 2.95 bits per heavy atom. The Morgan fingerprint density at radius 1 is 1.29 bits per heavy atom. The van der Waals surface area contributed by atoms with E-state index in [2.05, 4.69) is 5.32 Å². The Balaban J connectivity index is 1.82. The second kappa shape index (κ2) is 5.89. The number of rotatable bonds is 2. The first kappa shape index (κ1) is 14.1. The van der Waals surface area contributed by atoms with Crippen LogP contribution in [0.3, 0.4) is 0 Å². The van der Waals surface area contributed by atoms with Gasteiger partial charge in [-0.15, -0.1) is 0 Å². The number of halogens is 1. The smallest absolute Gasteiger partial charge is 0.423 e. The standard InChI is InChI=1S/C15H13BClNO3/c17-12-3-1-2-11(8-12)15(19)18-13-5-4-10-6-7-21-16(20)14(10)9-13/h1-5,8-9,20H,6-7H2,(H,18,19). The highest BCUT2D eigenvalue weighted by Crippen LogP contribution is 2.15. The molecule has 2 aromatic carbocycles. The van der Waals surface area contributed by atoms with E-state index in [0.717, 1.165) is 12.0 Å². The minimum absolute atomic E-state index is 0.247. The van der Waals surface area contributed by atoms with Crippen LogP contribution < -0.4 is 10.8 Å². The molecule has 0 aliphatic carbocycles. The monoisotopic (exact) mass is 301 g/mol. The van der Waals surface area contributed by atoms with E-state index < -0.39 is 7.12 Å². The highest BCUT2D eigenvalue weighted by molar-refractivity contribution is 6.61. The second-order valence-electron chi connectivity index (χ2n) is 4.85. The van der Waals surface area contributed by atoms with Gasteiger partial charge in [0.05, 0.1) is 0 Å². The van der Waals surface area contributed by atoms with Crippen LogP contribution in [0.25, 0.3) is 0 Å². The molecular formula is C15H13BClNO3. The minimum Gasteiger partial charge on any atom is -0.423 e. The molecule has 21 heavy (non-hydrogen) atoms. The highest BCUT2D eigenvalue weighted by Gasteiger charge is 2.25. The number of hydrogen-bond donors (Lipinski definition) is 2. The summed E-state index contributed by atoms with van der Waals surface area (Å²) in [4.78, 5) is 12.2. The van der Waals surface area contributed by atoms with Crippen LogP contribution in [0.1, 0.15) is 15.9 Å². The molecule has 2 N–H and O–H groups in total. The van der Waals surface area contributed by atoms with Gasteiger partial charge in [0.2, 0.25) is 0 Å². The molecule has 0 radical (unpaired) electrons. The van der Waals surface area contributed by atoms with E-state index >= 15 is 0 Å². The van der Waals surface area contributed by atoms with Crippen molar-refractivity contribution in [3.63, 3.8) is 0 Å². The molecule has 1 aliphatic rings. The van der Waals surface area contributed by atoms with E-state index in [1.807, 2.05) is 12.1 Å². The number of hydrogen-bond acceptors (Lipinski definition) is 3. The van der Waals surface area contributed by atoms with Gasteiger partial charge >= 0.3 is 7.12 Å². The lowest BCUT2D eigenvalue weighted by Gasteiger charge is -2.19. The first-order valence-electron chi connectivity index (χ1n) is 6.63. The number of carbonyl (C=O) groups excluding carboxylic acids is 1. The van der Waals surface area contributed by atoms with Gasteiger partial charge in [0.25, 0.3) is 5.91 Å². The largest absolute Gasteiger partial charge is 0.491 e. The third kappa shape index (κ3) is 3.10. The van der Waals surface area contributed by atoms with Gasteiger partial charge in [-0.2, -0.15) is 0 Å². The molecule has 1 aliphatic heterocycles. The lowest BCUT2D eigenvalue weighted by molar-refractivity contribution is 0.102. The van der Waals surface area contributed by atoms with Gasteiger partial charge < -0.3 is 15.0 Å². The molecule has 0 aromatic heterocycles. The molecule has 0 bridgehead atoms. The Morgan fingerprint density at radius 2 is 2.14 bits per heavy atom. The van der Waals surface area contributed by atoms with Gasteiger partial charge in [0.1, 0.15) is 0 Å². The van der Waals surface area contributed by atoms with Crippen LogP contribution in [0.4, 0.5) is 5.69 Å². The van der Waals surface area contributed by atoms with E-state index in [0.29, 0.717) is 28.3 Å². The third-order valence-electron chi connectivity index (χ3n) is 3.40. The van der Waals surface area contributed by atoms with Gasteiger partial charge in [-0.3, -0.25) is 4.79 Å². The predicted octanol–water partition coefficient (Wildman–Crippen LogP) is 1.85. The van der Waals surface area contributed by atoms with Crippen LogP contribution in [-0.2, 0) is 11.1 Å². The topological polar surface area (TPSA) is 58.6 Å². The van der Waals surface area contributed by atoms with Crippen molar-refractivity contribution in [1.82, 2.24) is 0 Å². The van der Waals surface area contributed by atoms with Crippen molar-refractivity contribution in [3.8, 4) is 0 Å². The van der Waals surface area contributed by atoms with E-state index in [1.54, 1.807) is 30.3 Å². The Hall–Kier alpha value is -1.82. The van der Waals surface area contributed by atoms with E-state index in [4.69, 9.17) is 16.3 Å². The molecule has 0 fully saturated rings. The maximum atomic E-state index is 12.2. The normalized spacial score (nSPS) is 13.7. The van der Waals surface area contributed by atoms with Gasteiger partial charge in [-0.25, -0.2) is 0 Å². The van der Waals surface area contributed by atoms with Crippen molar-refractivity contribution < 1.29 is 14.5 Å². The van der Waals surface area contributed by atoms with E-state index in [1.165, 1.54) is 0 Å². The lowest BCUT2D eigenvalue weighted by Crippen LogP contribution is -2.41. The second-order valence-corrected chi connectivity index (χ2v) is 5.29. The molecule has 0 saturated carbocycles. The van der Waals surface area contributed by atoms with E-state index in [-0.39, 0.29) is 5.91 Å². The summed E-state index contributed by atoms with van der Waals surface area (Å²) >= 11 is 5.88. The maximum Gasteiger partial charge on any atom is 0.491 e. The zero-order chi connectivity index (χ0) is 14.8. The van der Waals surface area contributed by atoms with Gasteiger partial charge in [0.15, 0.2) is 0 Å². The zero-order valence-corrected chi connectivity index (χ0v) is 11.9. The summed E-state index contributed by atoms with van der Waals surface area (Å²) in [7, 11) is -0.934. The maximum absolute atomic E-state index is 12.2. The van der Waals surface area contributed by atoms with Crippen molar-refractivity contribution >= 4 is 35.8 Å². The highest BCUT2D eigenvalue weighted by atomic mass is 35.5. The molecule has 1 heterocycles. The average molecular weight is 302 g/mol. The molecule has 4 nitrogen and oxygen atoms in total. The zero-order valence-electron chi connectivity index (χ0n) is 11.2. The van der Waals surface area contributed by atoms with Gasteiger partial charge in [0, 0.05) is 22.9 Å². The predicted molar refractivity (Wildman–Crippen MR) is 83.1 cm³/mol. The molecule has 0 unspecified atom stereocenters. The summed E-state index contributed by atoms with van der Waals surface area (Å²) in [5.74, 6) is -0.247. The minimum atomic E-state index is -0.934. The Labute approximate surface area is 127 Å². The number of fused-ring (bicyclic) bond motifs is 1. The molecule has 0 spiro atoms. The summed E-state index contributed by atoms with van der Waals surface area (Å²) < 4.78 is 5.19. The van der Waals surface area contributed by atoms with Gasteiger partial charge in [-0.1, -0.05) is 23.7 Å². The van der Waals surface area contributed by atoms with Crippen molar-refractivity contribution in [2.45, 2.75) is 6.42 Å². The molecule has 3 rings (SSSR count). The van der Waals surface area contributed by atoms with Crippen LogP contribution in [-0.4, -0.2) is 24.7 Å². The van der Waals surface area contributed by atoms with Crippen molar-refractivity contribution in [3.05, 3.63) is 58.6 Å². The van der Waals surface area contributed by atoms with Crippen LogP contribution in [0.15, 0.2) is 42.5 Å². The third-order valence-corrected chi connectivity index (χ3v) is 3.64. The number of anilines is 1. The molecular weight excluding hydrogens is 288 g/mol. The van der Waals surface area contributed by atoms with Crippen LogP contribution in [0.2, 0.25) is 5.02 Å². The molecule has 6 heteroatoms. The van der Waals surface area contributed by atoms with Crippen LogP contribution in [0, 0.1) is 0 Å². The fraction of sp³-hybridized carbons (Fsp3) is 0.133. The SMILES string of the molecule is O=C(Nc1ccc2c(c1)B(O)OCC2)c1cccc(Cl)c1. The number of nitrogens with one attached hydrogen (secondary N) is 1. The first-order chi connectivity index (χ1) is 10.1. The Kier molecular flexibility index (Phi) is 3.97. The summed E-state index contributed by atoms with van der Waals surface area (Å²) in [6.07, 6.45) is 0.759.